The number of nitriles is 2. The third kappa shape index (κ3) is 8.50. The van der Waals surface area contributed by atoms with Gasteiger partial charge in [0.2, 0.25) is 5.91 Å². The molecule has 0 aliphatic rings. The van der Waals surface area contributed by atoms with Gasteiger partial charge in [-0.1, -0.05) is 19.8 Å². The van der Waals surface area contributed by atoms with E-state index < -0.39 is 0 Å². The van der Waals surface area contributed by atoms with Crippen molar-refractivity contribution in [2.75, 3.05) is 19.6 Å². The predicted octanol–water partition coefficient (Wildman–Crippen LogP) is 2.19. The van der Waals surface area contributed by atoms with Crippen molar-refractivity contribution in [3.63, 3.8) is 0 Å². The molecule has 0 aliphatic heterocycles. The molecule has 0 aliphatic carbocycles. The summed E-state index contributed by atoms with van der Waals surface area (Å²) >= 11 is 0. The third-order valence-electron chi connectivity index (χ3n) is 3.38. The Morgan fingerprint density at radius 3 is 2.20 bits per heavy atom. The molecule has 20 heavy (non-hydrogen) atoms. The minimum atomic E-state index is 0.0497. The van der Waals surface area contributed by atoms with Crippen LogP contribution in [-0.2, 0) is 4.79 Å². The summed E-state index contributed by atoms with van der Waals surface area (Å²) in [6.45, 7) is 3.64. The Kier molecular flexibility index (Phi) is 11.5. The van der Waals surface area contributed by atoms with Crippen molar-refractivity contribution in [3.8, 4) is 12.1 Å². The number of hydrogen-bond donors (Lipinski definition) is 1. The molecule has 1 unspecified atom stereocenters. The zero-order valence-electron chi connectivity index (χ0n) is 12.5. The number of carbonyl (C=O) groups is 1. The highest BCUT2D eigenvalue weighted by Crippen LogP contribution is 2.17. The highest BCUT2D eigenvalue weighted by Gasteiger charge is 2.15. The number of hydrogen-bond acceptors (Lipinski definition) is 4. The highest BCUT2D eigenvalue weighted by atomic mass is 16.2. The number of rotatable bonds is 11. The second kappa shape index (κ2) is 12.4. The lowest BCUT2D eigenvalue weighted by atomic mass is 9.94. The van der Waals surface area contributed by atoms with Gasteiger partial charge >= 0.3 is 0 Å². The van der Waals surface area contributed by atoms with E-state index in [1.165, 1.54) is 0 Å². The summed E-state index contributed by atoms with van der Waals surface area (Å²) < 4.78 is 0. The summed E-state index contributed by atoms with van der Waals surface area (Å²) in [5.74, 6) is 0.552. The third-order valence-corrected chi connectivity index (χ3v) is 3.38. The van der Waals surface area contributed by atoms with Gasteiger partial charge in [0.1, 0.15) is 0 Å². The van der Waals surface area contributed by atoms with Crippen LogP contribution in [0.2, 0.25) is 0 Å². The Hall–Kier alpha value is -1.59. The fourth-order valence-electron chi connectivity index (χ4n) is 2.29. The lowest BCUT2D eigenvalue weighted by molar-refractivity contribution is -0.131. The number of nitrogens with zero attached hydrogens (tertiary/aromatic N) is 3. The number of nitrogens with two attached hydrogens (primary N) is 1. The van der Waals surface area contributed by atoms with Crippen molar-refractivity contribution >= 4 is 5.91 Å². The maximum atomic E-state index is 12.1. The van der Waals surface area contributed by atoms with Crippen LogP contribution >= 0.6 is 0 Å². The molecule has 2 N–H and O–H groups in total. The van der Waals surface area contributed by atoms with Crippen LogP contribution in [0.1, 0.15) is 51.9 Å². The summed E-state index contributed by atoms with van der Waals surface area (Å²) in [5.41, 5.74) is 5.59. The Morgan fingerprint density at radius 1 is 1.15 bits per heavy atom. The van der Waals surface area contributed by atoms with Crippen LogP contribution in [0, 0.1) is 28.6 Å². The first-order valence-electron chi connectivity index (χ1n) is 7.41. The van der Waals surface area contributed by atoms with Gasteiger partial charge in [0, 0.05) is 19.5 Å². The minimum Gasteiger partial charge on any atom is -0.341 e. The SMILES string of the molecule is CCCC(CCN)CCC(=O)N(CCC#N)CCC#N. The molecule has 0 heterocycles. The van der Waals surface area contributed by atoms with Gasteiger partial charge in [-0.3, -0.25) is 4.79 Å². The van der Waals surface area contributed by atoms with E-state index in [4.69, 9.17) is 16.3 Å². The summed E-state index contributed by atoms with van der Waals surface area (Å²) in [4.78, 5) is 13.8. The molecule has 0 saturated carbocycles. The van der Waals surface area contributed by atoms with E-state index in [9.17, 15) is 4.79 Å². The van der Waals surface area contributed by atoms with Crippen molar-refractivity contribution in [3.05, 3.63) is 0 Å². The van der Waals surface area contributed by atoms with Gasteiger partial charge in [0.15, 0.2) is 0 Å². The number of carbonyl (C=O) groups excluding carboxylic acids is 1. The summed E-state index contributed by atoms with van der Waals surface area (Å²) in [6, 6.07) is 4.08. The molecule has 0 rings (SSSR count). The van der Waals surface area contributed by atoms with Crippen LogP contribution in [0.5, 0.6) is 0 Å². The molecule has 0 saturated heterocycles. The quantitative estimate of drug-likeness (QED) is 0.626. The largest absolute Gasteiger partial charge is 0.341 e. The van der Waals surface area contributed by atoms with Gasteiger partial charge in [-0.15, -0.1) is 0 Å². The first kappa shape index (κ1) is 18.4. The van der Waals surface area contributed by atoms with Gasteiger partial charge in [-0.2, -0.15) is 10.5 Å². The molecule has 112 valence electrons. The van der Waals surface area contributed by atoms with Crippen LogP contribution in [0.15, 0.2) is 0 Å². The van der Waals surface area contributed by atoms with Crippen molar-refractivity contribution in [2.24, 2.45) is 11.7 Å². The fourth-order valence-corrected chi connectivity index (χ4v) is 2.29. The average Bonchev–Trinajstić information content (AvgIpc) is 2.45. The van der Waals surface area contributed by atoms with E-state index in [1.807, 2.05) is 12.1 Å². The lowest BCUT2D eigenvalue weighted by Gasteiger charge is -2.22. The molecule has 1 atom stereocenters. The normalized spacial score (nSPS) is 11.4. The Balaban J connectivity index is 4.28. The average molecular weight is 278 g/mol. The minimum absolute atomic E-state index is 0.0497. The van der Waals surface area contributed by atoms with Crippen LogP contribution in [0.3, 0.4) is 0 Å². The van der Waals surface area contributed by atoms with Gasteiger partial charge in [-0.25, -0.2) is 0 Å². The Bertz CT molecular complexity index is 319. The molecular weight excluding hydrogens is 252 g/mol. The molecule has 0 fully saturated rings. The van der Waals surface area contributed by atoms with E-state index in [0.717, 1.165) is 25.7 Å². The van der Waals surface area contributed by atoms with E-state index in [1.54, 1.807) is 4.90 Å². The van der Waals surface area contributed by atoms with Crippen molar-refractivity contribution in [2.45, 2.75) is 51.9 Å². The summed E-state index contributed by atoms with van der Waals surface area (Å²) in [6.07, 6.45) is 5.13. The van der Waals surface area contributed by atoms with Crippen LogP contribution < -0.4 is 5.73 Å². The standard InChI is InChI=1S/C15H26N4O/c1-2-5-14(8-11-18)6-7-15(20)19(12-3-9-16)13-4-10-17/h14H,2-8,11-13,18H2,1H3. The second-order valence-corrected chi connectivity index (χ2v) is 4.97. The van der Waals surface area contributed by atoms with Gasteiger partial charge in [0.25, 0.3) is 0 Å². The number of amides is 1. The van der Waals surface area contributed by atoms with Gasteiger partial charge < -0.3 is 10.6 Å². The Labute approximate surface area is 122 Å². The van der Waals surface area contributed by atoms with Crippen LogP contribution in [-0.4, -0.2) is 30.4 Å². The zero-order valence-corrected chi connectivity index (χ0v) is 12.5. The van der Waals surface area contributed by atoms with E-state index in [2.05, 4.69) is 6.92 Å². The fraction of sp³-hybridized carbons (Fsp3) is 0.800. The molecule has 0 aromatic heterocycles. The monoisotopic (exact) mass is 278 g/mol. The molecule has 1 amide bonds. The van der Waals surface area contributed by atoms with E-state index in [-0.39, 0.29) is 5.91 Å². The maximum absolute atomic E-state index is 12.1. The molecule has 0 aromatic rings. The van der Waals surface area contributed by atoms with E-state index in [0.29, 0.717) is 44.8 Å². The first-order chi connectivity index (χ1) is 9.69. The highest BCUT2D eigenvalue weighted by molar-refractivity contribution is 5.76. The molecule has 0 bridgehead atoms. The Morgan fingerprint density at radius 2 is 1.75 bits per heavy atom. The van der Waals surface area contributed by atoms with Crippen molar-refractivity contribution in [1.29, 1.82) is 10.5 Å². The van der Waals surface area contributed by atoms with E-state index >= 15 is 0 Å². The summed E-state index contributed by atoms with van der Waals surface area (Å²) in [7, 11) is 0. The molecular formula is C15H26N4O. The van der Waals surface area contributed by atoms with Gasteiger partial charge in [-0.05, 0) is 25.3 Å². The molecule has 5 heteroatoms. The summed E-state index contributed by atoms with van der Waals surface area (Å²) in [5, 5.41) is 17.2. The zero-order chi connectivity index (χ0) is 15.2. The van der Waals surface area contributed by atoms with Crippen LogP contribution in [0.4, 0.5) is 0 Å². The molecule has 0 spiro atoms. The van der Waals surface area contributed by atoms with Gasteiger partial charge in [0.05, 0.1) is 25.0 Å². The maximum Gasteiger partial charge on any atom is 0.222 e. The van der Waals surface area contributed by atoms with Crippen molar-refractivity contribution < 1.29 is 4.79 Å². The molecule has 5 nitrogen and oxygen atoms in total. The van der Waals surface area contributed by atoms with Crippen LogP contribution in [0.25, 0.3) is 0 Å². The first-order valence-corrected chi connectivity index (χ1v) is 7.41. The van der Waals surface area contributed by atoms with Crippen molar-refractivity contribution in [1.82, 2.24) is 4.90 Å². The second-order valence-electron chi connectivity index (χ2n) is 4.97. The molecule has 0 aromatic carbocycles. The smallest absolute Gasteiger partial charge is 0.222 e. The molecule has 0 radical (unpaired) electrons. The topological polar surface area (TPSA) is 93.9 Å². The predicted molar refractivity (Wildman–Crippen MR) is 78.3 cm³/mol. The lowest BCUT2D eigenvalue weighted by Crippen LogP contribution is -2.33.